The van der Waals surface area contributed by atoms with E-state index in [0.29, 0.717) is 0 Å². The van der Waals surface area contributed by atoms with E-state index in [1.165, 1.54) is 4.88 Å². The quantitative estimate of drug-likeness (QED) is 0.588. The van der Waals surface area contributed by atoms with Gasteiger partial charge in [-0.2, -0.15) is 0 Å². The third-order valence-electron chi connectivity index (χ3n) is 0.925. The normalized spacial score (nSPS) is 10.9. The van der Waals surface area contributed by atoms with Crippen LogP contribution in [0.4, 0.5) is 0 Å². The van der Waals surface area contributed by atoms with Crippen LogP contribution >= 0.6 is 22.9 Å². The Hall–Kier alpha value is -0.270. The van der Waals surface area contributed by atoms with Crippen molar-refractivity contribution in [3.8, 4) is 0 Å². The summed E-state index contributed by atoms with van der Waals surface area (Å²) in [5, 5.41) is 0. The molecule has 2 heteroatoms. The number of rotatable bonds is 1. The number of hydrogen-bond donors (Lipinski definition) is 0. The molecule has 0 saturated carbocycles. The maximum absolute atomic E-state index is 5.68. The molecule has 0 fully saturated rings. The van der Waals surface area contributed by atoms with Gasteiger partial charge in [0.2, 0.25) is 0 Å². The van der Waals surface area contributed by atoms with Gasteiger partial charge in [0.25, 0.3) is 0 Å². The third-order valence-corrected chi connectivity index (χ3v) is 2.12. The SMILES string of the molecule is C/C=C/c1ccc(Cl)s1. The van der Waals surface area contributed by atoms with E-state index in [1.807, 2.05) is 31.2 Å². The van der Waals surface area contributed by atoms with Crippen molar-refractivity contribution < 1.29 is 0 Å². The maximum atomic E-state index is 5.68. The molecule has 0 unspecified atom stereocenters. The minimum atomic E-state index is 0.850. The summed E-state index contributed by atoms with van der Waals surface area (Å²) in [7, 11) is 0. The average molecular weight is 159 g/mol. The Kier molecular flexibility index (Phi) is 2.31. The zero-order valence-corrected chi connectivity index (χ0v) is 6.67. The van der Waals surface area contributed by atoms with E-state index >= 15 is 0 Å². The van der Waals surface area contributed by atoms with E-state index in [9.17, 15) is 0 Å². The molecule has 0 nitrogen and oxygen atoms in total. The summed E-state index contributed by atoms with van der Waals surface area (Å²) in [6, 6.07) is 3.91. The van der Waals surface area contributed by atoms with Crippen LogP contribution in [0.2, 0.25) is 4.34 Å². The lowest BCUT2D eigenvalue weighted by Gasteiger charge is -1.76. The molecule has 1 heterocycles. The first-order chi connectivity index (χ1) is 4.33. The smallest absolute Gasteiger partial charge is 0.0934 e. The first-order valence-corrected chi connectivity index (χ1v) is 3.90. The molecule has 1 aromatic heterocycles. The van der Waals surface area contributed by atoms with E-state index in [4.69, 9.17) is 11.6 Å². The Balaban J connectivity index is 2.85. The molecule has 48 valence electrons. The van der Waals surface area contributed by atoms with E-state index in [1.54, 1.807) is 11.3 Å². The van der Waals surface area contributed by atoms with Crippen LogP contribution in [0.5, 0.6) is 0 Å². The molecule has 0 N–H and O–H groups in total. The summed E-state index contributed by atoms with van der Waals surface area (Å²) in [5.41, 5.74) is 0. The summed E-state index contributed by atoms with van der Waals surface area (Å²) in [6.45, 7) is 1.99. The molecule has 0 atom stereocenters. The third kappa shape index (κ3) is 1.84. The molecule has 0 aliphatic carbocycles. The molecule has 0 bridgehead atoms. The van der Waals surface area contributed by atoms with Crippen LogP contribution in [-0.4, -0.2) is 0 Å². The lowest BCUT2D eigenvalue weighted by atomic mass is 10.4. The molecule has 0 spiro atoms. The Morgan fingerprint density at radius 2 is 2.33 bits per heavy atom. The van der Waals surface area contributed by atoms with Crippen molar-refractivity contribution in [1.29, 1.82) is 0 Å². The summed E-state index contributed by atoms with van der Waals surface area (Å²) >= 11 is 7.27. The molecule has 0 radical (unpaired) electrons. The van der Waals surface area contributed by atoms with Gasteiger partial charge in [0.15, 0.2) is 0 Å². The number of allylic oxidation sites excluding steroid dienone is 1. The molecular weight excluding hydrogens is 152 g/mol. The van der Waals surface area contributed by atoms with E-state index in [0.717, 1.165) is 4.34 Å². The molecule has 1 rings (SSSR count). The Labute approximate surface area is 63.8 Å². The monoisotopic (exact) mass is 158 g/mol. The van der Waals surface area contributed by atoms with Gasteiger partial charge in [-0.05, 0) is 25.1 Å². The largest absolute Gasteiger partial charge is 0.124 e. The highest BCUT2D eigenvalue weighted by Crippen LogP contribution is 2.21. The van der Waals surface area contributed by atoms with Gasteiger partial charge in [0.1, 0.15) is 0 Å². The van der Waals surface area contributed by atoms with Gasteiger partial charge < -0.3 is 0 Å². The maximum Gasteiger partial charge on any atom is 0.0934 e. The van der Waals surface area contributed by atoms with Crippen LogP contribution in [0.1, 0.15) is 11.8 Å². The fourth-order valence-corrected chi connectivity index (χ4v) is 1.61. The van der Waals surface area contributed by atoms with Gasteiger partial charge >= 0.3 is 0 Å². The fourth-order valence-electron chi connectivity index (χ4n) is 0.582. The van der Waals surface area contributed by atoms with Crippen molar-refractivity contribution in [2.75, 3.05) is 0 Å². The molecule has 0 aliphatic heterocycles. The van der Waals surface area contributed by atoms with Gasteiger partial charge in [0.05, 0.1) is 4.34 Å². The molecule has 0 amide bonds. The predicted molar refractivity (Wildman–Crippen MR) is 44.0 cm³/mol. The van der Waals surface area contributed by atoms with Gasteiger partial charge in [0, 0.05) is 4.88 Å². The van der Waals surface area contributed by atoms with Crippen LogP contribution < -0.4 is 0 Å². The Morgan fingerprint density at radius 3 is 2.78 bits per heavy atom. The van der Waals surface area contributed by atoms with E-state index < -0.39 is 0 Å². The van der Waals surface area contributed by atoms with Crippen molar-refractivity contribution in [1.82, 2.24) is 0 Å². The van der Waals surface area contributed by atoms with Crippen molar-refractivity contribution >= 4 is 29.0 Å². The molecule has 0 saturated heterocycles. The van der Waals surface area contributed by atoms with Crippen molar-refractivity contribution in [2.24, 2.45) is 0 Å². The lowest BCUT2D eigenvalue weighted by molar-refractivity contribution is 1.79. The second-order valence-electron chi connectivity index (χ2n) is 1.64. The second kappa shape index (κ2) is 3.04. The van der Waals surface area contributed by atoms with E-state index in [2.05, 4.69) is 0 Å². The summed E-state index contributed by atoms with van der Waals surface area (Å²) in [5.74, 6) is 0. The first-order valence-electron chi connectivity index (χ1n) is 2.71. The number of thiophene rings is 1. The van der Waals surface area contributed by atoms with Crippen LogP contribution in [0.15, 0.2) is 18.2 Å². The van der Waals surface area contributed by atoms with Gasteiger partial charge in [-0.3, -0.25) is 0 Å². The number of halogens is 1. The average Bonchev–Trinajstić information content (AvgIpc) is 2.17. The second-order valence-corrected chi connectivity index (χ2v) is 3.39. The number of hydrogen-bond acceptors (Lipinski definition) is 1. The van der Waals surface area contributed by atoms with Gasteiger partial charge in [-0.1, -0.05) is 17.7 Å². The highest BCUT2D eigenvalue weighted by Gasteiger charge is 1.90. The minimum absolute atomic E-state index is 0.850. The molecule has 9 heavy (non-hydrogen) atoms. The van der Waals surface area contributed by atoms with Crippen molar-refractivity contribution in [3.05, 3.63) is 27.4 Å². The van der Waals surface area contributed by atoms with Crippen LogP contribution in [-0.2, 0) is 0 Å². The first kappa shape index (κ1) is 6.84. The molecule has 0 aliphatic rings. The van der Waals surface area contributed by atoms with Gasteiger partial charge in [-0.15, -0.1) is 11.3 Å². The summed E-state index contributed by atoms with van der Waals surface area (Å²) < 4.78 is 0.850. The van der Waals surface area contributed by atoms with Crippen LogP contribution in [0.3, 0.4) is 0 Å². The Bertz CT molecular complexity index is 212. The van der Waals surface area contributed by atoms with E-state index in [-0.39, 0.29) is 0 Å². The van der Waals surface area contributed by atoms with Gasteiger partial charge in [-0.25, -0.2) is 0 Å². The zero-order valence-electron chi connectivity index (χ0n) is 5.10. The highest BCUT2D eigenvalue weighted by atomic mass is 35.5. The van der Waals surface area contributed by atoms with Crippen molar-refractivity contribution in [3.63, 3.8) is 0 Å². The highest BCUT2D eigenvalue weighted by molar-refractivity contribution is 7.16. The lowest BCUT2D eigenvalue weighted by Crippen LogP contribution is -1.50. The minimum Gasteiger partial charge on any atom is -0.124 e. The topological polar surface area (TPSA) is 0 Å². The molecular formula is C7H7ClS. The summed E-state index contributed by atoms with van der Waals surface area (Å²) in [4.78, 5) is 1.21. The Morgan fingerprint density at radius 1 is 1.56 bits per heavy atom. The standard InChI is InChI=1S/C7H7ClS/c1-2-3-6-4-5-7(8)9-6/h2-5H,1H3/b3-2+. The van der Waals surface area contributed by atoms with Crippen molar-refractivity contribution in [2.45, 2.75) is 6.92 Å². The zero-order chi connectivity index (χ0) is 6.69. The predicted octanol–water partition coefficient (Wildman–Crippen LogP) is 3.43. The van der Waals surface area contributed by atoms with Crippen LogP contribution in [0.25, 0.3) is 6.08 Å². The van der Waals surface area contributed by atoms with Crippen LogP contribution in [0, 0.1) is 0 Å². The summed E-state index contributed by atoms with van der Waals surface area (Å²) in [6.07, 6.45) is 4.04. The molecule has 0 aromatic carbocycles. The fraction of sp³-hybridized carbons (Fsp3) is 0.143. The molecule has 1 aromatic rings.